The van der Waals surface area contributed by atoms with Crippen LogP contribution in [0.1, 0.15) is 36.8 Å². The molecule has 2 fully saturated rings. The Kier molecular flexibility index (Phi) is 8.23. The second-order valence-corrected chi connectivity index (χ2v) is 10.2. The van der Waals surface area contributed by atoms with E-state index < -0.39 is 30.0 Å². The number of hydrogen-bond donors (Lipinski definition) is 1. The molecule has 37 heavy (non-hydrogen) atoms. The number of amides is 3. The number of alkyl halides is 1. The van der Waals surface area contributed by atoms with E-state index in [-0.39, 0.29) is 41.9 Å². The SMILES string of the molecule is O=C(O)Cc1cccc(N2CCC3(CC2)C(=O)N(CCCCF)C(=O)N3Cc2cc(F)c(Cl)cc2Cl)c1. The number of carboxylic acid groups (broad SMARTS) is 1. The minimum Gasteiger partial charge on any atom is -0.481 e. The summed E-state index contributed by atoms with van der Waals surface area (Å²) in [6.45, 7) is 0.357. The lowest BCUT2D eigenvalue weighted by Crippen LogP contribution is -2.56. The average molecular weight is 554 g/mol. The number of hydrogen-bond acceptors (Lipinski definition) is 4. The summed E-state index contributed by atoms with van der Waals surface area (Å²) in [4.78, 5) is 42.9. The van der Waals surface area contributed by atoms with Crippen LogP contribution < -0.4 is 4.90 Å². The van der Waals surface area contributed by atoms with Crippen LogP contribution in [0.25, 0.3) is 0 Å². The van der Waals surface area contributed by atoms with Crippen LogP contribution in [0.15, 0.2) is 36.4 Å². The van der Waals surface area contributed by atoms with Crippen molar-refractivity contribution in [1.82, 2.24) is 9.80 Å². The molecular formula is C26H27Cl2F2N3O4. The normalized spacial score (nSPS) is 17.2. The van der Waals surface area contributed by atoms with Gasteiger partial charge in [0, 0.05) is 30.3 Å². The highest BCUT2D eigenvalue weighted by Gasteiger charge is 2.57. The first-order valence-corrected chi connectivity index (χ1v) is 12.8. The van der Waals surface area contributed by atoms with Crippen molar-refractivity contribution < 1.29 is 28.3 Å². The molecule has 2 heterocycles. The van der Waals surface area contributed by atoms with Crippen molar-refractivity contribution >= 4 is 46.8 Å². The van der Waals surface area contributed by atoms with E-state index in [1.165, 1.54) is 21.9 Å². The Hall–Kier alpha value is -2.91. The Morgan fingerprint density at radius 1 is 1.05 bits per heavy atom. The Morgan fingerprint density at radius 3 is 2.46 bits per heavy atom. The zero-order valence-corrected chi connectivity index (χ0v) is 21.6. The van der Waals surface area contributed by atoms with Gasteiger partial charge in [0.2, 0.25) is 0 Å². The Morgan fingerprint density at radius 2 is 1.78 bits per heavy atom. The molecule has 4 rings (SSSR count). The van der Waals surface area contributed by atoms with E-state index in [9.17, 15) is 23.2 Å². The molecule has 0 saturated carbocycles. The fraction of sp³-hybridized carbons (Fsp3) is 0.423. The molecule has 0 radical (unpaired) electrons. The van der Waals surface area contributed by atoms with Gasteiger partial charge in [0.1, 0.15) is 11.4 Å². The highest BCUT2D eigenvalue weighted by Crippen LogP contribution is 2.40. The van der Waals surface area contributed by atoms with E-state index in [0.29, 0.717) is 43.5 Å². The first kappa shape index (κ1) is 27.1. The molecule has 11 heteroatoms. The quantitative estimate of drug-likeness (QED) is 0.258. The third kappa shape index (κ3) is 5.52. The summed E-state index contributed by atoms with van der Waals surface area (Å²) < 4.78 is 26.9. The maximum atomic E-state index is 14.2. The number of urea groups is 1. The predicted molar refractivity (Wildman–Crippen MR) is 136 cm³/mol. The van der Waals surface area contributed by atoms with Crippen molar-refractivity contribution in [1.29, 1.82) is 0 Å². The molecule has 0 atom stereocenters. The molecule has 1 spiro atoms. The molecule has 2 aromatic rings. The highest BCUT2D eigenvalue weighted by atomic mass is 35.5. The van der Waals surface area contributed by atoms with Gasteiger partial charge in [-0.2, -0.15) is 0 Å². The van der Waals surface area contributed by atoms with Gasteiger partial charge in [-0.15, -0.1) is 0 Å². The number of aliphatic carboxylic acids is 1. The summed E-state index contributed by atoms with van der Waals surface area (Å²) >= 11 is 12.1. The molecule has 2 aromatic carbocycles. The van der Waals surface area contributed by atoms with Crippen molar-refractivity contribution in [3.63, 3.8) is 0 Å². The van der Waals surface area contributed by atoms with Crippen LogP contribution in [0, 0.1) is 5.82 Å². The second kappa shape index (κ2) is 11.2. The smallest absolute Gasteiger partial charge is 0.327 e. The van der Waals surface area contributed by atoms with Gasteiger partial charge in [-0.05, 0) is 61.1 Å². The maximum Gasteiger partial charge on any atom is 0.327 e. The maximum absolute atomic E-state index is 14.2. The van der Waals surface area contributed by atoms with Gasteiger partial charge in [-0.1, -0.05) is 35.3 Å². The second-order valence-electron chi connectivity index (χ2n) is 9.34. The number of piperidine rings is 1. The zero-order valence-electron chi connectivity index (χ0n) is 20.1. The van der Waals surface area contributed by atoms with Gasteiger partial charge in [0.25, 0.3) is 5.91 Å². The third-order valence-electron chi connectivity index (χ3n) is 7.03. The molecular weight excluding hydrogens is 527 g/mol. The molecule has 2 saturated heterocycles. The number of carbonyl (C=O) groups excluding carboxylic acids is 2. The molecule has 7 nitrogen and oxygen atoms in total. The molecule has 3 amide bonds. The van der Waals surface area contributed by atoms with Crippen molar-refractivity contribution in [2.45, 2.75) is 44.2 Å². The molecule has 2 aliphatic rings. The molecule has 0 aliphatic carbocycles. The number of anilines is 1. The standard InChI is InChI=1S/C26H27Cl2F2N3O4/c27-20-15-21(28)22(30)14-18(20)16-33-25(37)32(9-2-1-8-29)24(36)26(33)6-10-31(11-7-26)19-5-3-4-17(12-19)13-23(34)35/h3-5,12,14-15H,1-2,6-11,13,16H2,(H,34,35). The van der Waals surface area contributed by atoms with Crippen molar-refractivity contribution in [3.8, 4) is 0 Å². The third-order valence-corrected chi connectivity index (χ3v) is 7.67. The van der Waals surface area contributed by atoms with Crippen LogP contribution in [0.5, 0.6) is 0 Å². The van der Waals surface area contributed by atoms with E-state index >= 15 is 0 Å². The number of benzene rings is 2. The molecule has 1 N–H and O–H groups in total. The number of rotatable bonds is 9. The summed E-state index contributed by atoms with van der Waals surface area (Å²) in [5.74, 6) is -1.95. The Bertz CT molecular complexity index is 1200. The lowest BCUT2D eigenvalue weighted by atomic mass is 9.85. The molecule has 0 bridgehead atoms. The van der Waals surface area contributed by atoms with E-state index in [0.717, 1.165) is 5.69 Å². The molecule has 2 aliphatic heterocycles. The van der Waals surface area contributed by atoms with Crippen LogP contribution in [0.2, 0.25) is 10.0 Å². The first-order chi connectivity index (χ1) is 17.7. The fourth-order valence-electron chi connectivity index (χ4n) is 5.07. The lowest BCUT2D eigenvalue weighted by Gasteiger charge is -2.43. The van der Waals surface area contributed by atoms with Crippen molar-refractivity contribution in [2.24, 2.45) is 0 Å². The van der Waals surface area contributed by atoms with E-state index in [1.807, 2.05) is 17.0 Å². The number of carbonyl (C=O) groups is 3. The minimum absolute atomic E-state index is 0.0782. The van der Waals surface area contributed by atoms with Gasteiger partial charge in [0.05, 0.1) is 24.7 Å². The van der Waals surface area contributed by atoms with E-state index in [2.05, 4.69) is 0 Å². The van der Waals surface area contributed by atoms with Crippen molar-refractivity contribution in [2.75, 3.05) is 31.2 Å². The molecule has 0 aromatic heterocycles. The van der Waals surface area contributed by atoms with Crippen LogP contribution in [-0.4, -0.2) is 64.7 Å². The summed E-state index contributed by atoms with van der Waals surface area (Å²) in [6, 6.07) is 9.16. The number of carboxylic acids is 1. The van der Waals surface area contributed by atoms with Gasteiger partial charge in [0.15, 0.2) is 0 Å². The predicted octanol–water partition coefficient (Wildman–Crippen LogP) is 5.31. The number of unbranched alkanes of at least 4 members (excludes halogenated alkanes) is 1. The number of nitrogens with zero attached hydrogens (tertiary/aromatic N) is 3. The zero-order chi connectivity index (χ0) is 26.7. The Balaban J connectivity index is 1.60. The van der Waals surface area contributed by atoms with Crippen LogP contribution in [0.3, 0.4) is 0 Å². The van der Waals surface area contributed by atoms with Gasteiger partial charge < -0.3 is 14.9 Å². The van der Waals surface area contributed by atoms with Crippen molar-refractivity contribution in [3.05, 3.63) is 63.4 Å². The van der Waals surface area contributed by atoms with Gasteiger partial charge in [-0.3, -0.25) is 18.9 Å². The number of imide groups is 1. The lowest BCUT2D eigenvalue weighted by molar-refractivity contribution is -0.136. The van der Waals surface area contributed by atoms with E-state index in [4.69, 9.17) is 28.3 Å². The summed E-state index contributed by atoms with van der Waals surface area (Å²) in [6.07, 6.45) is 1.11. The largest absolute Gasteiger partial charge is 0.481 e. The first-order valence-electron chi connectivity index (χ1n) is 12.0. The van der Waals surface area contributed by atoms with Crippen LogP contribution in [-0.2, 0) is 22.6 Å². The summed E-state index contributed by atoms with van der Waals surface area (Å²) in [5, 5.41) is 9.16. The monoisotopic (exact) mass is 553 g/mol. The average Bonchev–Trinajstić information content (AvgIpc) is 3.04. The Labute approximate surface area is 223 Å². The van der Waals surface area contributed by atoms with E-state index in [1.54, 1.807) is 12.1 Å². The van der Waals surface area contributed by atoms with Gasteiger partial charge in [-0.25, -0.2) is 9.18 Å². The minimum atomic E-state index is -1.15. The van der Waals surface area contributed by atoms with Crippen LogP contribution in [0.4, 0.5) is 19.3 Å². The van der Waals surface area contributed by atoms with Crippen LogP contribution >= 0.6 is 23.2 Å². The summed E-state index contributed by atoms with van der Waals surface area (Å²) in [5.41, 5.74) is 0.678. The fourth-order valence-corrected chi connectivity index (χ4v) is 5.52. The topological polar surface area (TPSA) is 81.2 Å². The number of halogens is 4. The van der Waals surface area contributed by atoms with Gasteiger partial charge >= 0.3 is 12.0 Å². The molecule has 0 unspecified atom stereocenters. The molecule has 198 valence electrons. The summed E-state index contributed by atoms with van der Waals surface area (Å²) in [7, 11) is 0. The highest BCUT2D eigenvalue weighted by molar-refractivity contribution is 6.35.